The van der Waals surface area contributed by atoms with Crippen LogP contribution in [0, 0.1) is 6.92 Å². The second-order valence-corrected chi connectivity index (χ2v) is 7.09. The first-order valence-electron chi connectivity index (χ1n) is 8.12. The Morgan fingerprint density at radius 2 is 2.00 bits per heavy atom. The molecule has 3 heteroatoms. The molecule has 0 saturated carbocycles. The van der Waals surface area contributed by atoms with Gasteiger partial charge in [0.15, 0.2) is 0 Å². The molecule has 116 valence electrons. The van der Waals surface area contributed by atoms with Gasteiger partial charge < -0.3 is 5.32 Å². The van der Waals surface area contributed by atoms with E-state index in [1.165, 1.54) is 41.5 Å². The number of pyridine rings is 1. The molecule has 0 saturated heterocycles. The maximum Gasteiger partial charge on any atom is 0.0867 e. The summed E-state index contributed by atoms with van der Waals surface area (Å²) in [5, 5.41) is 4.96. The molecule has 23 heavy (non-hydrogen) atoms. The summed E-state index contributed by atoms with van der Waals surface area (Å²) in [4.78, 5) is 4.69. The van der Waals surface area contributed by atoms with Crippen LogP contribution in [0.3, 0.4) is 0 Å². The van der Waals surface area contributed by atoms with Gasteiger partial charge in [-0.3, -0.25) is 4.98 Å². The van der Waals surface area contributed by atoms with Gasteiger partial charge in [-0.1, -0.05) is 36.4 Å². The van der Waals surface area contributed by atoms with Crippen LogP contribution in [0.5, 0.6) is 0 Å². The number of nitrogens with one attached hydrogen (secondary N) is 1. The van der Waals surface area contributed by atoms with Gasteiger partial charge in [0.05, 0.1) is 11.6 Å². The molecule has 0 bridgehead atoms. The highest BCUT2D eigenvalue weighted by Crippen LogP contribution is 2.35. The zero-order valence-corrected chi connectivity index (χ0v) is 14.7. The van der Waals surface area contributed by atoms with Crippen LogP contribution in [0.4, 0.5) is 5.69 Å². The summed E-state index contributed by atoms with van der Waals surface area (Å²) >= 11 is 3.63. The van der Waals surface area contributed by atoms with Gasteiger partial charge in [-0.15, -0.1) is 0 Å². The number of para-hydroxylation sites is 1. The average Bonchev–Trinajstić information content (AvgIpc) is 2.56. The lowest BCUT2D eigenvalue weighted by atomic mass is 9.87. The van der Waals surface area contributed by atoms with E-state index in [0.29, 0.717) is 6.04 Å². The lowest BCUT2D eigenvalue weighted by Gasteiger charge is -2.28. The van der Waals surface area contributed by atoms with Crippen LogP contribution in [0.2, 0.25) is 0 Å². The number of aromatic nitrogens is 1. The van der Waals surface area contributed by atoms with Crippen LogP contribution in [-0.2, 0) is 6.42 Å². The van der Waals surface area contributed by atoms with Gasteiger partial charge in [0, 0.05) is 21.2 Å². The standard InChI is InChI=1S/C20H19BrN2/c1-13-12-19(16-9-5-10-17(21)20(16)22-13)23-18-11-4-7-14-6-2-3-8-15(14)18/h2-3,5-6,8-10,12,18H,4,7,11H2,1H3,(H,22,23)/t18-/m0/s1. The van der Waals surface area contributed by atoms with Gasteiger partial charge in [0.2, 0.25) is 0 Å². The summed E-state index contributed by atoms with van der Waals surface area (Å²) in [7, 11) is 0. The van der Waals surface area contributed by atoms with Crippen molar-refractivity contribution in [1.82, 2.24) is 4.98 Å². The second-order valence-electron chi connectivity index (χ2n) is 6.24. The molecule has 2 nitrogen and oxygen atoms in total. The molecule has 0 fully saturated rings. The number of fused-ring (bicyclic) bond motifs is 2. The van der Waals surface area contributed by atoms with Crippen molar-refractivity contribution in [2.24, 2.45) is 0 Å². The van der Waals surface area contributed by atoms with Crippen molar-refractivity contribution in [2.45, 2.75) is 32.2 Å². The maximum atomic E-state index is 4.69. The van der Waals surface area contributed by atoms with Gasteiger partial charge in [0.1, 0.15) is 0 Å². The van der Waals surface area contributed by atoms with Crippen molar-refractivity contribution >= 4 is 32.5 Å². The third kappa shape index (κ3) is 2.74. The predicted octanol–water partition coefficient (Wildman–Crippen LogP) is 5.80. The number of nitrogens with zero attached hydrogens (tertiary/aromatic N) is 1. The second kappa shape index (κ2) is 5.97. The Bertz CT molecular complexity index is 873. The Balaban J connectivity index is 1.78. The molecule has 1 heterocycles. The van der Waals surface area contributed by atoms with Crippen molar-refractivity contribution in [3.05, 3.63) is 69.8 Å². The van der Waals surface area contributed by atoms with E-state index in [4.69, 9.17) is 0 Å². The van der Waals surface area contributed by atoms with Gasteiger partial charge in [-0.2, -0.15) is 0 Å². The Hall–Kier alpha value is -1.87. The van der Waals surface area contributed by atoms with Gasteiger partial charge in [-0.25, -0.2) is 0 Å². The van der Waals surface area contributed by atoms with Crippen LogP contribution < -0.4 is 5.32 Å². The highest BCUT2D eigenvalue weighted by Gasteiger charge is 2.20. The summed E-state index contributed by atoms with van der Waals surface area (Å²) in [5.41, 5.74) is 6.16. The summed E-state index contributed by atoms with van der Waals surface area (Å²) in [6, 6.07) is 17.6. The van der Waals surface area contributed by atoms with E-state index in [2.05, 4.69) is 81.7 Å². The summed E-state index contributed by atoms with van der Waals surface area (Å²) in [6.45, 7) is 2.05. The van der Waals surface area contributed by atoms with Crippen LogP contribution in [0.25, 0.3) is 10.9 Å². The smallest absolute Gasteiger partial charge is 0.0867 e. The first-order chi connectivity index (χ1) is 11.2. The molecule has 3 aromatic rings. The highest BCUT2D eigenvalue weighted by molar-refractivity contribution is 9.10. The molecule has 4 rings (SSSR count). The Kier molecular flexibility index (Phi) is 3.82. The first-order valence-corrected chi connectivity index (χ1v) is 8.92. The van der Waals surface area contributed by atoms with Crippen molar-refractivity contribution in [3.63, 3.8) is 0 Å². The third-order valence-corrected chi connectivity index (χ3v) is 5.26. The van der Waals surface area contributed by atoms with E-state index >= 15 is 0 Å². The number of rotatable bonds is 2. The van der Waals surface area contributed by atoms with Crippen LogP contribution in [0.15, 0.2) is 53.0 Å². The minimum absolute atomic E-state index is 0.379. The van der Waals surface area contributed by atoms with Crippen LogP contribution in [0.1, 0.15) is 35.7 Å². The monoisotopic (exact) mass is 366 g/mol. The largest absolute Gasteiger partial charge is 0.378 e. The minimum Gasteiger partial charge on any atom is -0.378 e. The fourth-order valence-electron chi connectivity index (χ4n) is 3.55. The summed E-state index contributed by atoms with van der Waals surface area (Å²) in [5.74, 6) is 0. The molecule has 2 aromatic carbocycles. The number of hydrogen-bond donors (Lipinski definition) is 1. The molecular formula is C20H19BrN2. The Morgan fingerprint density at radius 3 is 2.91 bits per heavy atom. The van der Waals surface area contributed by atoms with Crippen molar-refractivity contribution in [1.29, 1.82) is 0 Å². The van der Waals surface area contributed by atoms with Gasteiger partial charge in [-0.05, 0) is 65.4 Å². The number of halogens is 1. The van der Waals surface area contributed by atoms with E-state index in [1.54, 1.807) is 0 Å². The lowest BCUT2D eigenvalue weighted by Crippen LogP contribution is -2.17. The molecule has 1 aromatic heterocycles. The number of hydrogen-bond acceptors (Lipinski definition) is 2. The van der Waals surface area contributed by atoms with Crippen LogP contribution >= 0.6 is 15.9 Å². The summed E-state index contributed by atoms with van der Waals surface area (Å²) < 4.78 is 1.05. The SMILES string of the molecule is Cc1cc(N[C@H]2CCCc3ccccc32)c2cccc(Br)c2n1. The van der Waals surface area contributed by atoms with Crippen molar-refractivity contribution in [2.75, 3.05) is 5.32 Å². The van der Waals surface area contributed by atoms with Crippen molar-refractivity contribution in [3.8, 4) is 0 Å². The average molecular weight is 367 g/mol. The zero-order chi connectivity index (χ0) is 15.8. The quantitative estimate of drug-likeness (QED) is 0.620. The van der Waals surface area contributed by atoms with Gasteiger partial charge >= 0.3 is 0 Å². The number of aryl methyl sites for hydroxylation is 2. The Morgan fingerprint density at radius 1 is 1.13 bits per heavy atom. The van der Waals surface area contributed by atoms with Gasteiger partial charge in [0.25, 0.3) is 0 Å². The molecule has 1 N–H and O–H groups in total. The minimum atomic E-state index is 0.379. The highest BCUT2D eigenvalue weighted by atomic mass is 79.9. The fourth-order valence-corrected chi connectivity index (χ4v) is 4.01. The third-order valence-electron chi connectivity index (χ3n) is 4.62. The topological polar surface area (TPSA) is 24.9 Å². The van der Waals surface area contributed by atoms with E-state index in [9.17, 15) is 0 Å². The fraction of sp³-hybridized carbons (Fsp3) is 0.250. The molecule has 0 aliphatic heterocycles. The predicted molar refractivity (Wildman–Crippen MR) is 99.9 cm³/mol. The summed E-state index contributed by atoms with van der Waals surface area (Å²) in [6.07, 6.45) is 3.60. The molecule has 0 unspecified atom stereocenters. The molecular weight excluding hydrogens is 348 g/mol. The molecule has 1 aliphatic rings. The Labute approximate surface area is 145 Å². The van der Waals surface area contributed by atoms with E-state index in [0.717, 1.165) is 15.7 Å². The van der Waals surface area contributed by atoms with E-state index in [-0.39, 0.29) is 0 Å². The molecule has 0 spiro atoms. The van der Waals surface area contributed by atoms with E-state index in [1.807, 2.05) is 0 Å². The molecule has 1 atom stereocenters. The first kappa shape index (κ1) is 14.7. The normalized spacial score (nSPS) is 17.0. The molecule has 1 aliphatic carbocycles. The maximum absolute atomic E-state index is 4.69. The molecule has 0 radical (unpaired) electrons. The number of anilines is 1. The van der Waals surface area contributed by atoms with Crippen molar-refractivity contribution < 1.29 is 0 Å². The van der Waals surface area contributed by atoms with E-state index < -0.39 is 0 Å². The lowest BCUT2D eigenvalue weighted by molar-refractivity contribution is 0.601. The van der Waals surface area contributed by atoms with Crippen LogP contribution in [-0.4, -0.2) is 4.98 Å². The zero-order valence-electron chi connectivity index (χ0n) is 13.1. The molecule has 0 amide bonds. The number of benzene rings is 2.